The Hall–Kier alpha value is -0.883. The highest BCUT2D eigenvalue weighted by molar-refractivity contribution is 6.74. The molecule has 6 atom stereocenters. The molecular formula is C26H38O4Si. The summed E-state index contributed by atoms with van der Waals surface area (Å²) in [7, 11) is -1.85. The maximum absolute atomic E-state index is 6.63. The minimum Gasteiger partial charge on any atom is -0.543 e. The van der Waals surface area contributed by atoms with Gasteiger partial charge in [0.1, 0.15) is 11.9 Å². The molecule has 0 aromatic heterocycles. The van der Waals surface area contributed by atoms with Crippen molar-refractivity contribution < 1.29 is 18.6 Å². The number of rotatable bonds is 2. The third-order valence-electron chi connectivity index (χ3n) is 9.98. The molecule has 5 unspecified atom stereocenters. The third-order valence-corrected chi connectivity index (χ3v) is 14.3. The molecule has 0 amide bonds. The van der Waals surface area contributed by atoms with Crippen molar-refractivity contribution in [2.24, 2.45) is 17.3 Å². The summed E-state index contributed by atoms with van der Waals surface area (Å²) in [6.45, 7) is 15.5. The van der Waals surface area contributed by atoms with Gasteiger partial charge in [-0.1, -0.05) is 33.8 Å². The van der Waals surface area contributed by atoms with Crippen molar-refractivity contribution >= 4 is 8.32 Å². The lowest BCUT2D eigenvalue weighted by atomic mass is 9.54. The van der Waals surface area contributed by atoms with Gasteiger partial charge in [0.25, 0.3) is 0 Å². The second kappa shape index (κ2) is 6.37. The van der Waals surface area contributed by atoms with Gasteiger partial charge in [0.05, 0.1) is 19.3 Å². The summed E-state index contributed by atoms with van der Waals surface area (Å²) in [5.74, 6) is 2.50. The van der Waals surface area contributed by atoms with Crippen molar-refractivity contribution in [1.82, 2.24) is 0 Å². The lowest BCUT2D eigenvalue weighted by molar-refractivity contribution is -0.237. The van der Waals surface area contributed by atoms with E-state index in [-0.39, 0.29) is 22.3 Å². The fraction of sp³-hybridized carbons (Fsp3) is 0.769. The second-order valence-electron chi connectivity index (χ2n) is 12.4. The molecule has 0 radical (unpaired) electrons. The lowest BCUT2D eigenvalue weighted by Gasteiger charge is -2.52. The summed E-state index contributed by atoms with van der Waals surface area (Å²) in [5, 5.41) is 0.198. The van der Waals surface area contributed by atoms with Crippen molar-refractivity contribution in [2.75, 3.05) is 13.2 Å². The minimum atomic E-state index is -1.85. The average molecular weight is 443 g/mol. The molecule has 31 heavy (non-hydrogen) atoms. The maximum Gasteiger partial charge on any atom is 0.250 e. The molecule has 3 aliphatic carbocycles. The highest BCUT2D eigenvalue weighted by Crippen LogP contribution is 2.70. The molecule has 2 heterocycles. The quantitative estimate of drug-likeness (QED) is 0.405. The summed E-state index contributed by atoms with van der Waals surface area (Å²) in [6.07, 6.45) is 5.24. The van der Waals surface area contributed by atoms with E-state index < -0.39 is 8.32 Å². The van der Waals surface area contributed by atoms with E-state index in [1.54, 1.807) is 0 Å². The highest BCUT2D eigenvalue weighted by Gasteiger charge is 2.69. The number of fused-ring (bicyclic) bond motifs is 9. The summed E-state index contributed by atoms with van der Waals surface area (Å²) in [6, 6.07) is 6.90. The van der Waals surface area contributed by atoms with Crippen molar-refractivity contribution in [3.8, 4) is 5.75 Å². The van der Waals surface area contributed by atoms with E-state index in [2.05, 4.69) is 59.0 Å². The largest absolute Gasteiger partial charge is 0.543 e. The molecule has 4 nitrogen and oxygen atoms in total. The van der Waals surface area contributed by atoms with Crippen LogP contribution >= 0.6 is 0 Å². The Labute approximate surface area is 188 Å². The molecule has 4 fully saturated rings. The molecule has 0 bridgehead atoms. The molecule has 2 saturated carbocycles. The maximum atomic E-state index is 6.63. The molecule has 0 N–H and O–H groups in total. The molecular weight excluding hydrogens is 404 g/mol. The standard InChI is InChI=1S/C26H38O4Si/c1-24(2,3)31(5,6)30-16-7-8-17-18-9-11-25(4)20(10-12-26(25)27-13-14-28-26)21(18)23-22(29-23)19(17)15-16/h7-8,15,18,20-23H,9-14H2,1-6H3/t18?,20?,21?,22?,23?,25-/m0/s1. The summed E-state index contributed by atoms with van der Waals surface area (Å²) in [4.78, 5) is 0. The van der Waals surface area contributed by atoms with Crippen molar-refractivity contribution in [3.05, 3.63) is 29.3 Å². The molecule has 2 saturated heterocycles. The van der Waals surface area contributed by atoms with Crippen molar-refractivity contribution in [1.29, 1.82) is 0 Å². The Morgan fingerprint density at radius 1 is 1.03 bits per heavy atom. The van der Waals surface area contributed by atoms with Gasteiger partial charge in [-0.05, 0) is 78.4 Å². The van der Waals surface area contributed by atoms with E-state index in [0.717, 1.165) is 25.4 Å². The first-order valence-electron chi connectivity index (χ1n) is 12.3. The van der Waals surface area contributed by atoms with E-state index in [4.69, 9.17) is 18.6 Å². The predicted octanol–water partition coefficient (Wildman–Crippen LogP) is 6.18. The van der Waals surface area contributed by atoms with Crippen LogP contribution in [0.4, 0.5) is 0 Å². The van der Waals surface area contributed by atoms with Crippen molar-refractivity contribution in [2.45, 2.75) is 95.4 Å². The first-order chi connectivity index (χ1) is 14.6. The zero-order valence-electron chi connectivity index (χ0n) is 20.0. The van der Waals surface area contributed by atoms with Crippen LogP contribution in [0.2, 0.25) is 18.1 Å². The van der Waals surface area contributed by atoms with Crippen LogP contribution in [0.15, 0.2) is 18.2 Å². The van der Waals surface area contributed by atoms with Gasteiger partial charge in [0, 0.05) is 11.8 Å². The van der Waals surface area contributed by atoms with Crippen LogP contribution in [-0.4, -0.2) is 33.4 Å². The van der Waals surface area contributed by atoms with E-state index >= 15 is 0 Å². The van der Waals surface area contributed by atoms with Gasteiger partial charge in [-0.15, -0.1) is 0 Å². The first kappa shape index (κ1) is 20.7. The molecule has 2 aliphatic heterocycles. The topological polar surface area (TPSA) is 40.2 Å². The Kier molecular flexibility index (Phi) is 4.25. The summed E-state index contributed by atoms with van der Waals surface area (Å²) < 4.78 is 25.6. The fourth-order valence-corrected chi connectivity index (χ4v) is 8.24. The zero-order valence-corrected chi connectivity index (χ0v) is 21.0. The number of hydrogen-bond donors (Lipinski definition) is 0. The van der Waals surface area contributed by atoms with Crippen LogP contribution in [0.5, 0.6) is 5.75 Å². The van der Waals surface area contributed by atoms with Crippen LogP contribution in [0.25, 0.3) is 0 Å². The number of benzene rings is 1. The Morgan fingerprint density at radius 3 is 2.48 bits per heavy atom. The average Bonchev–Trinajstić information content (AvgIpc) is 3.26. The van der Waals surface area contributed by atoms with Crippen LogP contribution < -0.4 is 4.43 Å². The highest BCUT2D eigenvalue weighted by atomic mass is 28.4. The van der Waals surface area contributed by atoms with Gasteiger partial charge < -0.3 is 18.6 Å². The number of epoxide rings is 1. The van der Waals surface area contributed by atoms with Crippen LogP contribution in [0.3, 0.4) is 0 Å². The second-order valence-corrected chi connectivity index (χ2v) is 17.1. The van der Waals surface area contributed by atoms with E-state index in [0.29, 0.717) is 23.9 Å². The molecule has 6 rings (SSSR count). The fourth-order valence-electron chi connectivity index (χ4n) is 7.22. The van der Waals surface area contributed by atoms with Gasteiger partial charge in [-0.3, -0.25) is 0 Å². The first-order valence-corrected chi connectivity index (χ1v) is 15.2. The lowest BCUT2D eigenvalue weighted by Crippen LogP contribution is -2.52. The Morgan fingerprint density at radius 2 is 1.77 bits per heavy atom. The van der Waals surface area contributed by atoms with Crippen LogP contribution in [0.1, 0.15) is 76.5 Å². The third kappa shape index (κ3) is 2.76. The molecule has 5 aliphatic rings. The van der Waals surface area contributed by atoms with Gasteiger partial charge >= 0.3 is 0 Å². The summed E-state index contributed by atoms with van der Waals surface area (Å²) >= 11 is 0. The van der Waals surface area contributed by atoms with Gasteiger partial charge in [-0.25, -0.2) is 0 Å². The van der Waals surface area contributed by atoms with E-state index in [9.17, 15) is 0 Å². The predicted molar refractivity (Wildman–Crippen MR) is 123 cm³/mol. The normalized spacial score (nSPS) is 40.1. The van der Waals surface area contributed by atoms with Gasteiger partial charge in [0.2, 0.25) is 8.32 Å². The van der Waals surface area contributed by atoms with Gasteiger partial charge in [0.15, 0.2) is 5.79 Å². The molecule has 1 spiro atoms. The zero-order chi connectivity index (χ0) is 21.8. The van der Waals surface area contributed by atoms with E-state index in [1.165, 1.54) is 30.4 Å². The van der Waals surface area contributed by atoms with Gasteiger partial charge in [-0.2, -0.15) is 0 Å². The van der Waals surface area contributed by atoms with Crippen LogP contribution in [-0.2, 0) is 14.2 Å². The summed E-state index contributed by atoms with van der Waals surface area (Å²) in [5.41, 5.74) is 3.03. The Bertz CT molecular complexity index is 899. The smallest absolute Gasteiger partial charge is 0.250 e. The van der Waals surface area contributed by atoms with E-state index in [1.807, 2.05) is 0 Å². The minimum absolute atomic E-state index is 0.115. The molecule has 1 aromatic carbocycles. The molecule has 1 aromatic rings. The SMILES string of the molecule is CC(C)(C)[Si](C)(C)Oc1ccc2c(c1)C1OC1C1C2CC[C@@]2(C)C1CCC21OCCO1. The number of ether oxygens (including phenoxy) is 3. The molecule has 5 heteroatoms. The van der Waals surface area contributed by atoms with Crippen molar-refractivity contribution in [3.63, 3.8) is 0 Å². The van der Waals surface area contributed by atoms with Crippen LogP contribution in [0, 0.1) is 17.3 Å². The molecule has 170 valence electrons. The Balaban J connectivity index is 1.31. The number of hydrogen-bond acceptors (Lipinski definition) is 4. The monoisotopic (exact) mass is 442 g/mol.